The zero-order valence-corrected chi connectivity index (χ0v) is 10.2. The minimum Gasteiger partial charge on any atom is -0.399 e. The summed E-state index contributed by atoms with van der Waals surface area (Å²) < 4.78 is 38.3. The highest BCUT2D eigenvalue weighted by molar-refractivity contribution is 7.84. The highest BCUT2D eigenvalue weighted by atomic mass is 32.2. The fraction of sp³-hybridized carbons (Fsp3) is 0.0769. The van der Waals surface area contributed by atoms with Gasteiger partial charge in [-0.25, -0.2) is 8.78 Å². The normalized spacial score (nSPS) is 12.3. The summed E-state index contributed by atoms with van der Waals surface area (Å²) in [6.07, 6.45) is 0. The van der Waals surface area contributed by atoms with Crippen LogP contribution in [0, 0.1) is 11.6 Å². The third-order valence-electron chi connectivity index (χ3n) is 2.42. The van der Waals surface area contributed by atoms with E-state index in [0.29, 0.717) is 5.69 Å². The lowest BCUT2D eigenvalue weighted by atomic mass is 10.2. The summed E-state index contributed by atoms with van der Waals surface area (Å²) in [6, 6.07) is 9.71. The SMILES string of the molecule is Nc1ccc(CS(=O)c2cc(F)ccc2F)cc1. The van der Waals surface area contributed by atoms with Gasteiger partial charge in [0.05, 0.1) is 21.4 Å². The highest BCUT2D eigenvalue weighted by Gasteiger charge is 2.11. The van der Waals surface area contributed by atoms with Crippen molar-refractivity contribution in [1.82, 2.24) is 0 Å². The van der Waals surface area contributed by atoms with Gasteiger partial charge >= 0.3 is 0 Å². The molecule has 0 saturated carbocycles. The van der Waals surface area contributed by atoms with E-state index in [1.54, 1.807) is 24.3 Å². The maximum atomic E-state index is 13.4. The molecule has 0 aliphatic heterocycles. The van der Waals surface area contributed by atoms with Crippen molar-refractivity contribution in [1.29, 1.82) is 0 Å². The largest absolute Gasteiger partial charge is 0.399 e. The van der Waals surface area contributed by atoms with Crippen molar-refractivity contribution in [3.05, 3.63) is 59.7 Å². The van der Waals surface area contributed by atoms with Gasteiger partial charge in [-0.1, -0.05) is 12.1 Å². The molecule has 2 N–H and O–H groups in total. The van der Waals surface area contributed by atoms with Crippen molar-refractivity contribution in [2.45, 2.75) is 10.6 Å². The lowest BCUT2D eigenvalue weighted by Crippen LogP contribution is -2.00. The van der Waals surface area contributed by atoms with Crippen LogP contribution in [0.25, 0.3) is 0 Å². The van der Waals surface area contributed by atoms with Crippen molar-refractivity contribution in [2.75, 3.05) is 5.73 Å². The lowest BCUT2D eigenvalue weighted by Gasteiger charge is -2.04. The Balaban J connectivity index is 2.21. The first-order chi connectivity index (χ1) is 8.56. The van der Waals surface area contributed by atoms with Crippen molar-refractivity contribution in [2.24, 2.45) is 0 Å². The van der Waals surface area contributed by atoms with E-state index in [2.05, 4.69) is 0 Å². The zero-order valence-electron chi connectivity index (χ0n) is 9.40. The smallest absolute Gasteiger partial charge is 0.139 e. The van der Waals surface area contributed by atoms with Crippen LogP contribution in [-0.2, 0) is 16.6 Å². The number of nitrogen functional groups attached to an aromatic ring is 1. The second-order valence-corrected chi connectivity index (χ2v) is 5.23. The first kappa shape index (κ1) is 12.7. The van der Waals surface area contributed by atoms with Crippen molar-refractivity contribution >= 4 is 16.5 Å². The Kier molecular flexibility index (Phi) is 3.72. The summed E-state index contributed by atoms with van der Waals surface area (Å²) in [5, 5.41) is 0. The predicted octanol–water partition coefficient (Wildman–Crippen LogP) is 2.85. The molecule has 94 valence electrons. The number of rotatable bonds is 3. The van der Waals surface area contributed by atoms with E-state index in [0.717, 1.165) is 23.8 Å². The van der Waals surface area contributed by atoms with Crippen LogP contribution in [-0.4, -0.2) is 4.21 Å². The standard InChI is InChI=1S/C13H11F2NOS/c14-10-3-6-12(15)13(7-10)18(17)8-9-1-4-11(16)5-2-9/h1-7H,8,16H2. The minimum absolute atomic E-state index is 0.119. The highest BCUT2D eigenvalue weighted by Crippen LogP contribution is 2.18. The quantitative estimate of drug-likeness (QED) is 0.869. The average molecular weight is 267 g/mol. The number of anilines is 1. The van der Waals surface area contributed by atoms with Crippen LogP contribution in [0.5, 0.6) is 0 Å². The monoisotopic (exact) mass is 267 g/mol. The molecule has 18 heavy (non-hydrogen) atoms. The van der Waals surface area contributed by atoms with E-state index in [1.807, 2.05) is 0 Å². The Morgan fingerprint density at radius 2 is 1.72 bits per heavy atom. The van der Waals surface area contributed by atoms with E-state index >= 15 is 0 Å². The van der Waals surface area contributed by atoms with Gasteiger partial charge in [0.2, 0.25) is 0 Å². The fourth-order valence-electron chi connectivity index (χ4n) is 1.49. The maximum absolute atomic E-state index is 13.4. The van der Waals surface area contributed by atoms with Gasteiger partial charge in [0.15, 0.2) is 0 Å². The lowest BCUT2D eigenvalue weighted by molar-refractivity contribution is 0.572. The van der Waals surface area contributed by atoms with Gasteiger partial charge in [-0.2, -0.15) is 0 Å². The number of halogens is 2. The molecule has 0 amide bonds. The Bertz CT molecular complexity index is 584. The first-order valence-electron chi connectivity index (χ1n) is 5.24. The molecule has 2 nitrogen and oxygen atoms in total. The molecule has 1 atom stereocenters. The van der Waals surface area contributed by atoms with Crippen LogP contribution in [0.1, 0.15) is 5.56 Å². The number of hydrogen-bond acceptors (Lipinski definition) is 2. The number of benzene rings is 2. The molecular formula is C13H11F2NOS. The number of hydrogen-bond donors (Lipinski definition) is 1. The third-order valence-corrected chi connectivity index (χ3v) is 3.81. The molecule has 0 aliphatic rings. The van der Waals surface area contributed by atoms with Crippen molar-refractivity contribution in [3.8, 4) is 0 Å². The fourth-order valence-corrected chi connectivity index (χ4v) is 2.67. The Morgan fingerprint density at radius 1 is 1.06 bits per heavy atom. The summed E-state index contributed by atoms with van der Waals surface area (Å²) in [7, 11) is -1.62. The summed E-state index contributed by atoms with van der Waals surface area (Å²) in [6.45, 7) is 0. The molecule has 2 aromatic carbocycles. The minimum atomic E-state index is -1.62. The molecule has 2 rings (SSSR count). The van der Waals surface area contributed by atoms with E-state index in [1.165, 1.54) is 0 Å². The molecule has 0 aliphatic carbocycles. The van der Waals surface area contributed by atoms with Crippen LogP contribution in [0.4, 0.5) is 14.5 Å². The third kappa shape index (κ3) is 2.92. The second kappa shape index (κ2) is 5.27. The van der Waals surface area contributed by atoms with Crippen LogP contribution in [0.15, 0.2) is 47.4 Å². The topological polar surface area (TPSA) is 43.1 Å². The Morgan fingerprint density at radius 3 is 2.39 bits per heavy atom. The molecule has 0 radical (unpaired) electrons. The van der Waals surface area contributed by atoms with Gasteiger partial charge in [-0.15, -0.1) is 0 Å². The van der Waals surface area contributed by atoms with Gasteiger partial charge in [-0.3, -0.25) is 4.21 Å². The molecule has 5 heteroatoms. The van der Waals surface area contributed by atoms with Crippen LogP contribution in [0.2, 0.25) is 0 Å². The zero-order chi connectivity index (χ0) is 13.1. The Labute approximate surface area is 106 Å². The van der Waals surface area contributed by atoms with Crippen molar-refractivity contribution in [3.63, 3.8) is 0 Å². The molecule has 1 unspecified atom stereocenters. The molecule has 0 bridgehead atoms. The molecule has 0 saturated heterocycles. The number of nitrogens with two attached hydrogens (primary N) is 1. The Hall–Kier alpha value is -1.75. The van der Waals surface area contributed by atoms with Crippen LogP contribution < -0.4 is 5.73 Å². The molecular weight excluding hydrogens is 256 g/mol. The van der Waals surface area contributed by atoms with Gasteiger partial charge in [-0.05, 0) is 35.9 Å². The van der Waals surface area contributed by atoms with E-state index in [9.17, 15) is 13.0 Å². The molecule has 0 fully saturated rings. The summed E-state index contributed by atoms with van der Waals surface area (Å²) in [4.78, 5) is -0.119. The molecule has 0 spiro atoms. The molecule has 0 aromatic heterocycles. The second-order valence-electron chi connectivity index (χ2n) is 3.81. The van der Waals surface area contributed by atoms with Crippen LogP contribution in [0.3, 0.4) is 0 Å². The predicted molar refractivity (Wildman–Crippen MR) is 67.3 cm³/mol. The van der Waals surface area contributed by atoms with E-state index in [4.69, 9.17) is 5.73 Å². The van der Waals surface area contributed by atoms with E-state index < -0.39 is 22.4 Å². The van der Waals surface area contributed by atoms with Gasteiger partial charge in [0, 0.05) is 5.69 Å². The first-order valence-corrected chi connectivity index (χ1v) is 6.56. The van der Waals surface area contributed by atoms with E-state index in [-0.39, 0.29) is 10.6 Å². The summed E-state index contributed by atoms with van der Waals surface area (Å²) in [5.41, 5.74) is 6.88. The molecule has 2 aromatic rings. The van der Waals surface area contributed by atoms with Gasteiger partial charge < -0.3 is 5.73 Å². The maximum Gasteiger partial charge on any atom is 0.139 e. The van der Waals surface area contributed by atoms with Crippen molar-refractivity contribution < 1.29 is 13.0 Å². The summed E-state index contributed by atoms with van der Waals surface area (Å²) >= 11 is 0. The average Bonchev–Trinajstić information content (AvgIpc) is 2.35. The van der Waals surface area contributed by atoms with Gasteiger partial charge in [0.25, 0.3) is 0 Å². The summed E-state index contributed by atoms with van der Waals surface area (Å²) in [5.74, 6) is -1.14. The van der Waals surface area contributed by atoms with Crippen LogP contribution >= 0.6 is 0 Å². The van der Waals surface area contributed by atoms with Gasteiger partial charge in [0.1, 0.15) is 11.6 Å². The molecule has 0 heterocycles.